The highest BCUT2D eigenvalue weighted by Crippen LogP contribution is 2.71. The van der Waals surface area contributed by atoms with Crippen molar-refractivity contribution in [2.75, 3.05) is 0 Å². The molecule has 16 heavy (non-hydrogen) atoms. The van der Waals surface area contributed by atoms with Crippen LogP contribution in [0.25, 0.3) is 0 Å². The van der Waals surface area contributed by atoms with Crippen molar-refractivity contribution in [1.82, 2.24) is 0 Å². The first kappa shape index (κ1) is 11.6. The van der Waals surface area contributed by atoms with Gasteiger partial charge in [-0.15, -0.1) is 0 Å². The zero-order valence-corrected chi connectivity index (χ0v) is 10.4. The molecule has 0 saturated heterocycles. The normalized spacial score (nSPS) is 24.1. The van der Waals surface area contributed by atoms with Gasteiger partial charge in [0.25, 0.3) is 0 Å². The van der Waals surface area contributed by atoms with E-state index in [1.807, 2.05) is 0 Å². The van der Waals surface area contributed by atoms with Gasteiger partial charge in [-0.2, -0.15) is 0 Å². The maximum Gasteiger partial charge on any atom is 0.123 e. The van der Waals surface area contributed by atoms with Crippen LogP contribution in [0.2, 0.25) is 0 Å². The van der Waals surface area contributed by atoms with Crippen LogP contribution in [0.3, 0.4) is 0 Å². The van der Waals surface area contributed by atoms with Crippen LogP contribution in [0.5, 0.6) is 0 Å². The van der Waals surface area contributed by atoms with Crippen LogP contribution >= 0.6 is 0 Å². The van der Waals surface area contributed by atoms with E-state index in [4.69, 9.17) is 5.73 Å². The van der Waals surface area contributed by atoms with Crippen LogP contribution in [0.1, 0.15) is 39.3 Å². The minimum absolute atomic E-state index is 0.00519. The molecule has 0 amide bonds. The Labute approximate surface area is 96.9 Å². The van der Waals surface area contributed by atoms with E-state index >= 15 is 0 Å². The van der Waals surface area contributed by atoms with Gasteiger partial charge in [-0.25, -0.2) is 4.39 Å². The van der Waals surface area contributed by atoms with Crippen molar-refractivity contribution < 1.29 is 4.39 Å². The van der Waals surface area contributed by atoms with Crippen molar-refractivity contribution >= 4 is 0 Å². The Kier molecular flexibility index (Phi) is 2.39. The molecular weight excluding hydrogens is 201 g/mol. The molecule has 1 nitrogen and oxygen atoms in total. The monoisotopic (exact) mass is 221 g/mol. The Bertz CT molecular complexity index is 378. The number of hydrogen-bond donors (Lipinski definition) is 1. The quantitative estimate of drug-likeness (QED) is 0.812. The van der Waals surface area contributed by atoms with Gasteiger partial charge >= 0.3 is 0 Å². The molecular formula is C14H20FN. The van der Waals surface area contributed by atoms with E-state index in [0.29, 0.717) is 5.92 Å². The minimum atomic E-state index is -0.203. The van der Waals surface area contributed by atoms with Gasteiger partial charge in [-0.1, -0.05) is 39.8 Å². The highest BCUT2D eigenvalue weighted by atomic mass is 19.1. The van der Waals surface area contributed by atoms with Crippen LogP contribution in [-0.4, -0.2) is 0 Å². The summed E-state index contributed by atoms with van der Waals surface area (Å²) in [6, 6.07) is 6.56. The van der Waals surface area contributed by atoms with Crippen molar-refractivity contribution in [2.24, 2.45) is 22.5 Å². The lowest BCUT2D eigenvalue weighted by Gasteiger charge is -2.14. The Morgan fingerprint density at radius 1 is 1.06 bits per heavy atom. The molecule has 1 aliphatic rings. The van der Waals surface area contributed by atoms with Crippen LogP contribution in [0, 0.1) is 22.6 Å². The summed E-state index contributed by atoms with van der Waals surface area (Å²) in [5, 5.41) is 0. The molecule has 0 radical (unpaired) electrons. The second-order valence-corrected chi connectivity index (χ2v) is 6.00. The first-order valence-corrected chi connectivity index (χ1v) is 5.79. The molecule has 88 valence electrons. The standard InChI is InChI=1S/C14H20FN/c1-13(2)12(14(13,3)4)11(16)9-5-7-10(15)8-6-9/h5-8,11-12H,16H2,1-4H3. The Morgan fingerprint density at radius 2 is 1.50 bits per heavy atom. The number of nitrogens with two attached hydrogens (primary N) is 1. The maximum absolute atomic E-state index is 12.8. The lowest BCUT2D eigenvalue weighted by molar-refractivity contribution is 0.457. The molecule has 1 unspecified atom stereocenters. The largest absolute Gasteiger partial charge is 0.324 e. The summed E-state index contributed by atoms with van der Waals surface area (Å²) in [5.41, 5.74) is 7.84. The third-order valence-electron chi connectivity index (χ3n) is 4.75. The average Bonchev–Trinajstić information content (AvgIpc) is 2.57. The zero-order chi connectivity index (χ0) is 12.1. The maximum atomic E-state index is 12.8. The first-order chi connectivity index (χ1) is 7.28. The van der Waals surface area contributed by atoms with Crippen molar-refractivity contribution in [3.8, 4) is 0 Å². The fourth-order valence-corrected chi connectivity index (χ4v) is 3.02. The summed E-state index contributed by atoms with van der Waals surface area (Å²) < 4.78 is 12.8. The molecule has 0 bridgehead atoms. The van der Waals surface area contributed by atoms with Gasteiger partial charge in [0, 0.05) is 6.04 Å². The Morgan fingerprint density at radius 3 is 1.88 bits per heavy atom. The number of halogens is 1. The third-order valence-corrected chi connectivity index (χ3v) is 4.75. The molecule has 0 aliphatic heterocycles. The van der Waals surface area contributed by atoms with Crippen LogP contribution in [0.15, 0.2) is 24.3 Å². The summed E-state index contributed by atoms with van der Waals surface area (Å²) in [7, 11) is 0. The van der Waals surface area contributed by atoms with Gasteiger partial charge < -0.3 is 5.73 Å². The molecule has 2 N–H and O–H groups in total. The predicted molar refractivity (Wildman–Crippen MR) is 64.4 cm³/mol. The van der Waals surface area contributed by atoms with Gasteiger partial charge in [-0.05, 0) is 34.4 Å². The smallest absolute Gasteiger partial charge is 0.123 e. The molecule has 1 aromatic rings. The second-order valence-electron chi connectivity index (χ2n) is 6.00. The van der Waals surface area contributed by atoms with E-state index in [-0.39, 0.29) is 22.7 Å². The summed E-state index contributed by atoms with van der Waals surface area (Å²) in [6.07, 6.45) is 0. The van der Waals surface area contributed by atoms with E-state index in [2.05, 4.69) is 27.7 Å². The molecule has 2 heteroatoms. The lowest BCUT2D eigenvalue weighted by atomic mass is 9.97. The Hall–Kier alpha value is -0.890. The van der Waals surface area contributed by atoms with Gasteiger partial charge in [-0.3, -0.25) is 0 Å². The van der Waals surface area contributed by atoms with E-state index < -0.39 is 0 Å². The molecule has 0 aromatic heterocycles. The molecule has 0 spiro atoms. The van der Waals surface area contributed by atoms with E-state index in [9.17, 15) is 4.39 Å². The van der Waals surface area contributed by atoms with Crippen molar-refractivity contribution in [2.45, 2.75) is 33.7 Å². The molecule has 1 aliphatic carbocycles. The van der Waals surface area contributed by atoms with Gasteiger partial charge in [0.15, 0.2) is 0 Å². The number of hydrogen-bond acceptors (Lipinski definition) is 1. The first-order valence-electron chi connectivity index (χ1n) is 5.79. The van der Waals surface area contributed by atoms with Crippen molar-refractivity contribution in [1.29, 1.82) is 0 Å². The number of benzene rings is 1. The molecule has 0 heterocycles. The third kappa shape index (κ3) is 1.47. The summed E-state index contributed by atoms with van der Waals surface area (Å²) in [6.45, 7) is 9.00. The fraction of sp³-hybridized carbons (Fsp3) is 0.571. The highest BCUT2D eigenvalue weighted by molar-refractivity contribution is 5.27. The van der Waals surface area contributed by atoms with Crippen LogP contribution < -0.4 is 5.73 Å². The summed E-state index contributed by atoms with van der Waals surface area (Å²) in [4.78, 5) is 0. The molecule has 1 saturated carbocycles. The molecule has 2 rings (SSSR count). The number of rotatable bonds is 2. The molecule has 1 aromatic carbocycles. The highest BCUT2D eigenvalue weighted by Gasteiger charge is 2.66. The second kappa shape index (κ2) is 3.30. The van der Waals surface area contributed by atoms with Gasteiger partial charge in [0.1, 0.15) is 5.82 Å². The van der Waals surface area contributed by atoms with Crippen LogP contribution in [-0.2, 0) is 0 Å². The van der Waals surface area contributed by atoms with Crippen LogP contribution in [0.4, 0.5) is 4.39 Å². The van der Waals surface area contributed by atoms with Crippen molar-refractivity contribution in [3.63, 3.8) is 0 Å². The molecule has 1 fully saturated rings. The lowest BCUT2D eigenvalue weighted by Crippen LogP contribution is -2.16. The van der Waals surface area contributed by atoms with Gasteiger partial charge in [0.05, 0.1) is 0 Å². The fourth-order valence-electron chi connectivity index (χ4n) is 3.02. The average molecular weight is 221 g/mol. The zero-order valence-electron chi connectivity index (χ0n) is 10.4. The van der Waals surface area contributed by atoms with E-state index in [1.165, 1.54) is 12.1 Å². The van der Waals surface area contributed by atoms with E-state index in [1.54, 1.807) is 12.1 Å². The summed E-state index contributed by atoms with van der Waals surface area (Å²) >= 11 is 0. The summed E-state index contributed by atoms with van der Waals surface area (Å²) in [5.74, 6) is 0.260. The Balaban J connectivity index is 2.22. The van der Waals surface area contributed by atoms with E-state index in [0.717, 1.165) is 5.56 Å². The SMILES string of the molecule is CC1(C)C(C(N)c2ccc(F)cc2)C1(C)C. The minimum Gasteiger partial charge on any atom is -0.324 e. The van der Waals surface area contributed by atoms with Crippen molar-refractivity contribution in [3.05, 3.63) is 35.6 Å². The predicted octanol–water partition coefficient (Wildman–Crippen LogP) is 3.51. The van der Waals surface area contributed by atoms with Gasteiger partial charge in [0.2, 0.25) is 0 Å². The molecule has 1 atom stereocenters. The topological polar surface area (TPSA) is 26.0 Å².